The van der Waals surface area contributed by atoms with Gasteiger partial charge in [0, 0.05) is 11.5 Å². The lowest BCUT2D eigenvalue weighted by Gasteiger charge is -2.24. The molecule has 7 heteroatoms. The van der Waals surface area contributed by atoms with Gasteiger partial charge in [-0.1, -0.05) is 60.7 Å². The maximum atomic E-state index is 6.54. The molecule has 0 spiro atoms. The Morgan fingerprint density at radius 3 is 2.42 bits per heavy atom. The van der Waals surface area contributed by atoms with Crippen LogP contribution in [-0.2, 0) is 22.7 Å². The van der Waals surface area contributed by atoms with Crippen LogP contribution in [0.25, 0.3) is 11.2 Å². The molecule has 168 valence electrons. The van der Waals surface area contributed by atoms with E-state index in [1.807, 2.05) is 30.6 Å². The van der Waals surface area contributed by atoms with Crippen LogP contribution in [0.2, 0.25) is 0 Å². The van der Waals surface area contributed by atoms with E-state index in [9.17, 15) is 0 Å². The summed E-state index contributed by atoms with van der Waals surface area (Å²) >= 11 is 0. The van der Waals surface area contributed by atoms with Crippen molar-refractivity contribution in [1.29, 1.82) is 0 Å². The SMILES string of the molecule is Nc1ncnc2c1ncn2[C@H]1C[C@H](OCc2ccccc2)[C@]2(COCc3ccccc3)C[C@H]12. The molecule has 2 fully saturated rings. The van der Waals surface area contributed by atoms with Crippen LogP contribution in [0.3, 0.4) is 0 Å². The van der Waals surface area contributed by atoms with Crippen molar-refractivity contribution in [1.82, 2.24) is 19.5 Å². The number of rotatable bonds is 8. The average Bonchev–Trinajstić information content (AvgIpc) is 3.27. The summed E-state index contributed by atoms with van der Waals surface area (Å²) < 4.78 is 15.0. The lowest BCUT2D eigenvalue weighted by Crippen LogP contribution is -2.27. The maximum Gasteiger partial charge on any atom is 0.165 e. The van der Waals surface area contributed by atoms with Crippen LogP contribution in [0.1, 0.15) is 30.0 Å². The van der Waals surface area contributed by atoms with E-state index in [2.05, 4.69) is 55.9 Å². The highest BCUT2D eigenvalue weighted by molar-refractivity contribution is 5.81. The zero-order valence-corrected chi connectivity index (χ0v) is 18.4. The Labute approximate surface area is 192 Å². The third-order valence-corrected chi connectivity index (χ3v) is 7.26. The van der Waals surface area contributed by atoms with Gasteiger partial charge in [-0.15, -0.1) is 0 Å². The van der Waals surface area contributed by atoms with Crippen molar-refractivity contribution in [2.75, 3.05) is 12.3 Å². The average molecular weight is 442 g/mol. The van der Waals surface area contributed by atoms with Crippen molar-refractivity contribution in [3.8, 4) is 0 Å². The Balaban J connectivity index is 1.23. The summed E-state index contributed by atoms with van der Waals surface area (Å²) in [7, 11) is 0. The van der Waals surface area contributed by atoms with Gasteiger partial charge < -0.3 is 19.8 Å². The molecule has 0 bridgehead atoms. The Bertz CT molecular complexity index is 1250. The Morgan fingerprint density at radius 2 is 1.67 bits per heavy atom. The second-order valence-electron chi connectivity index (χ2n) is 9.19. The molecule has 2 aromatic heterocycles. The first-order chi connectivity index (χ1) is 16.2. The number of nitrogen functional groups attached to an aromatic ring is 1. The zero-order chi connectivity index (χ0) is 22.3. The van der Waals surface area contributed by atoms with Gasteiger partial charge in [0.05, 0.1) is 32.3 Å². The van der Waals surface area contributed by atoms with E-state index in [0.717, 1.165) is 18.5 Å². The van der Waals surface area contributed by atoms with E-state index in [1.165, 1.54) is 17.5 Å². The molecule has 2 heterocycles. The number of anilines is 1. The largest absolute Gasteiger partial charge is 0.382 e. The quantitative estimate of drug-likeness (QED) is 0.442. The van der Waals surface area contributed by atoms with Gasteiger partial charge in [-0.2, -0.15) is 0 Å². The van der Waals surface area contributed by atoms with Crippen LogP contribution in [0.15, 0.2) is 73.3 Å². The molecule has 0 saturated heterocycles. The van der Waals surface area contributed by atoms with Gasteiger partial charge in [0.1, 0.15) is 11.8 Å². The van der Waals surface area contributed by atoms with Gasteiger partial charge >= 0.3 is 0 Å². The number of imidazole rings is 1. The molecule has 4 aromatic rings. The first-order valence-corrected chi connectivity index (χ1v) is 11.4. The van der Waals surface area contributed by atoms with Crippen molar-refractivity contribution in [3.05, 3.63) is 84.4 Å². The summed E-state index contributed by atoms with van der Waals surface area (Å²) in [6, 6.07) is 20.9. The van der Waals surface area contributed by atoms with Crippen molar-refractivity contribution in [2.45, 2.75) is 38.2 Å². The number of nitrogens with zero attached hydrogens (tertiary/aromatic N) is 4. The lowest BCUT2D eigenvalue weighted by atomic mass is 10.0. The maximum absolute atomic E-state index is 6.54. The molecule has 2 aromatic carbocycles. The van der Waals surface area contributed by atoms with Crippen LogP contribution in [0.4, 0.5) is 5.82 Å². The lowest BCUT2D eigenvalue weighted by molar-refractivity contribution is -0.0400. The number of aromatic nitrogens is 4. The van der Waals surface area contributed by atoms with E-state index < -0.39 is 0 Å². The molecule has 4 atom stereocenters. The highest BCUT2D eigenvalue weighted by atomic mass is 16.5. The highest BCUT2D eigenvalue weighted by Gasteiger charge is 2.68. The molecule has 2 aliphatic rings. The Kier molecular flexibility index (Phi) is 5.08. The van der Waals surface area contributed by atoms with Crippen LogP contribution >= 0.6 is 0 Å². The smallest absolute Gasteiger partial charge is 0.165 e. The van der Waals surface area contributed by atoms with Crippen molar-refractivity contribution in [2.24, 2.45) is 11.3 Å². The second kappa shape index (κ2) is 8.24. The molecule has 0 unspecified atom stereocenters. The topological polar surface area (TPSA) is 88.1 Å². The minimum absolute atomic E-state index is 0.0173. The molecule has 0 radical (unpaired) electrons. The fraction of sp³-hybridized carbons (Fsp3) is 0.346. The van der Waals surface area contributed by atoms with E-state index in [-0.39, 0.29) is 17.6 Å². The summed E-state index contributed by atoms with van der Waals surface area (Å²) in [5.41, 5.74) is 9.88. The van der Waals surface area contributed by atoms with E-state index in [0.29, 0.717) is 37.1 Å². The number of benzene rings is 2. The molecular weight excluding hydrogens is 414 g/mol. The van der Waals surface area contributed by atoms with Crippen molar-refractivity contribution in [3.63, 3.8) is 0 Å². The third-order valence-electron chi connectivity index (χ3n) is 7.26. The molecule has 2 aliphatic carbocycles. The monoisotopic (exact) mass is 441 g/mol. The summed E-state index contributed by atoms with van der Waals surface area (Å²) in [5.74, 6) is 0.879. The Hall–Kier alpha value is -3.29. The summed E-state index contributed by atoms with van der Waals surface area (Å²) in [6.07, 6.45) is 5.46. The minimum atomic E-state index is 0.0173. The van der Waals surface area contributed by atoms with E-state index in [1.54, 1.807) is 0 Å². The van der Waals surface area contributed by atoms with Gasteiger partial charge in [-0.25, -0.2) is 15.0 Å². The first-order valence-electron chi connectivity index (χ1n) is 11.4. The number of ether oxygens (including phenoxy) is 2. The summed E-state index contributed by atoms with van der Waals surface area (Å²) in [4.78, 5) is 13.1. The normalized spacial score (nSPS) is 25.9. The fourth-order valence-electron chi connectivity index (χ4n) is 5.48. The number of hydrogen-bond donors (Lipinski definition) is 1. The molecule has 0 amide bonds. The zero-order valence-electron chi connectivity index (χ0n) is 18.4. The number of hydrogen-bond acceptors (Lipinski definition) is 6. The minimum Gasteiger partial charge on any atom is -0.382 e. The van der Waals surface area contributed by atoms with Crippen LogP contribution in [-0.4, -0.2) is 32.2 Å². The summed E-state index contributed by atoms with van der Waals surface area (Å²) in [6.45, 7) is 1.90. The van der Waals surface area contributed by atoms with Crippen LogP contribution in [0, 0.1) is 11.3 Å². The van der Waals surface area contributed by atoms with E-state index in [4.69, 9.17) is 15.2 Å². The second-order valence-corrected chi connectivity index (χ2v) is 9.19. The molecule has 7 nitrogen and oxygen atoms in total. The standard InChI is InChI=1S/C26H27N5O2/c27-24-23-25(29-16-28-24)31(17-30-23)21-11-22(33-14-19-9-5-2-6-10-19)26(12-20(21)26)15-32-13-18-7-3-1-4-8-18/h1-10,16-17,20-22H,11-15H2,(H2,27,28,29)/t20-,21+,22+,26+/m1/s1. The van der Waals surface area contributed by atoms with Gasteiger partial charge in [0.25, 0.3) is 0 Å². The van der Waals surface area contributed by atoms with Gasteiger partial charge in [0.15, 0.2) is 11.5 Å². The predicted octanol–water partition coefficient (Wildman–Crippen LogP) is 4.16. The first kappa shape index (κ1) is 20.3. The van der Waals surface area contributed by atoms with Gasteiger partial charge in [-0.05, 0) is 29.9 Å². The van der Waals surface area contributed by atoms with Crippen LogP contribution in [0.5, 0.6) is 0 Å². The molecule has 2 saturated carbocycles. The molecule has 0 aliphatic heterocycles. The molecule has 2 N–H and O–H groups in total. The van der Waals surface area contributed by atoms with Crippen molar-refractivity contribution >= 4 is 17.0 Å². The third kappa shape index (κ3) is 3.67. The van der Waals surface area contributed by atoms with Gasteiger partial charge in [0.2, 0.25) is 0 Å². The van der Waals surface area contributed by atoms with E-state index >= 15 is 0 Å². The van der Waals surface area contributed by atoms with Gasteiger partial charge in [-0.3, -0.25) is 0 Å². The molecule has 6 rings (SSSR count). The fourth-order valence-corrected chi connectivity index (χ4v) is 5.48. The van der Waals surface area contributed by atoms with Crippen LogP contribution < -0.4 is 5.73 Å². The molecular formula is C26H27N5O2. The number of nitrogens with two attached hydrogens (primary N) is 1. The van der Waals surface area contributed by atoms with Crippen molar-refractivity contribution < 1.29 is 9.47 Å². The highest BCUT2D eigenvalue weighted by Crippen LogP contribution is 2.68. The predicted molar refractivity (Wildman–Crippen MR) is 125 cm³/mol. The summed E-state index contributed by atoms with van der Waals surface area (Å²) in [5, 5.41) is 0. The Morgan fingerprint density at radius 1 is 0.939 bits per heavy atom. The number of fused-ring (bicyclic) bond motifs is 2. The molecule has 33 heavy (non-hydrogen) atoms.